The molecular formula is C17H16O5. The number of phenols is 1. The van der Waals surface area contributed by atoms with E-state index < -0.39 is 11.9 Å². The average molecular weight is 300 g/mol. The van der Waals surface area contributed by atoms with Crippen LogP contribution in [0.15, 0.2) is 48.6 Å². The first-order valence-electron chi connectivity index (χ1n) is 6.70. The molecule has 2 aromatic carbocycles. The standard InChI is InChI=1S/C17H16O5/c1-11(2)16(19)21-8-9-22-17(20)13-6-7-14-12(10-13)4-3-5-15(14)18/h3-7,10,18H,1,8-9H2,2H3. The van der Waals surface area contributed by atoms with Gasteiger partial charge in [-0.25, -0.2) is 9.59 Å². The maximum Gasteiger partial charge on any atom is 0.338 e. The van der Waals surface area contributed by atoms with E-state index >= 15 is 0 Å². The highest BCUT2D eigenvalue weighted by atomic mass is 16.6. The summed E-state index contributed by atoms with van der Waals surface area (Å²) in [6.45, 7) is 4.94. The molecule has 0 saturated carbocycles. The van der Waals surface area contributed by atoms with Crippen molar-refractivity contribution in [1.82, 2.24) is 0 Å². The van der Waals surface area contributed by atoms with Gasteiger partial charge in [0, 0.05) is 11.0 Å². The number of hydrogen-bond acceptors (Lipinski definition) is 5. The zero-order chi connectivity index (χ0) is 16.1. The molecule has 0 aromatic heterocycles. The number of aromatic hydroxyl groups is 1. The van der Waals surface area contributed by atoms with E-state index in [1.807, 2.05) is 0 Å². The maximum absolute atomic E-state index is 11.9. The number of fused-ring (bicyclic) bond motifs is 1. The molecule has 2 rings (SSSR count). The molecule has 0 spiro atoms. The first-order valence-corrected chi connectivity index (χ1v) is 6.70. The van der Waals surface area contributed by atoms with Gasteiger partial charge in [0.1, 0.15) is 19.0 Å². The second kappa shape index (κ2) is 6.76. The summed E-state index contributed by atoms with van der Waals surface area (Å²) in [7, 11) is 0. The van der Waals surface area contributed by atoms with Crippen LogP contribution in [0.5, 0.6) is 5.75 Å². The molecule has 0 fully saturated rings. The van der Waals surface area contributed by atoms with Crippen LogP contribution >= 0.6 is 0 Å². The van der Waals surface area contributed by atoms with E-state index in [0.717, 1.165) is 5.39 Å². The Labute approximate surface area is 127 Å². The molecule has 2 aromatic rings. The summed E-state index contributed by atoms with van der Waals surface area (Å²) in [5.41, 5.74) is 0.657. The lowest BCUT2D eigenvalue weighted by Crippen LogP contribution is -2.14. The van der Waals surface area contributed by atoms with Crippen LogP contribution in [0, 0.1) is 0 Å². The van der Waals surface area contributed by atoms with E-state index in [1.54, 1.807) is 43.3 Å². The van der Waals surface area contributed by atoms with Crippen molar-refractivity contribution in [3.05, 3.63) is 54.1 Å². The third kappa shape index (κ3) is 3.63. The van der Waals surface area contributed by atoms with Crippen LogP contribution in [0.25, 0.3) is 10.8 Å². The molecule has 0 unspecified atom stereocenters. The van der Waals surface area contributed by atoms with Gasteiger partial charge in [0.15, 0.2) is 0 Å². The molecule has 5 heteroatoms. The van der Waals surface area contributed by atoms with Crippen LogP contribution in [-0.2, 0) is 14.3 Å². The van der Waals surface area contributed by atoms with E-state index in [1.165, 1.54) is 0 Å². The zero-order valence-electron chi connectivity index (χ0n) is 12.2. The molecule has 114 valence electrons. The quantitative estimate of drug-likeness (QED) is 0.522. The Morgan fingerprint density at radius 3 is 2.59 bits per heavy atom. The van der Waals surface area contributed by atoms with Gasteiger partial charge < -0.3 is 14.6 Å². The summed E-state index contributed by atoms with van der Waals surface area (Å²) >= 11 is 0. The van der Waals surface area contributed by atoms with E-state index in [0.29, 0.717) is 16.5 Å². The molecule has 0 heterocycles. The largest absolute Gasteiger partial charge is 0.507 e. The Kier molecular flexibility index (Phi) is 4.78. The monoisotopic (exact) mass is 300 g/mol. The molecule has 22 heavy (non-hydrogen) atoms. The molecule has 0 radical (unpaired) electrons. The van der Waals surface area contributed by atoms with E-state index in [4.69, 9.17) is 9.47 Å². The van der Waals surface area contributed by atoms with Gasteiger partial charge in [-0.1, -0.05) is 18.7 Å². The Bertz CT molecular complexity index is 733. The highest BCUT2D eigenvalue weighted by Crippen LogP contribution is 2.25. The third-order valence-electron chi connectivity index (χ3n) is 2.99. The number of phenolic OH excluding ortho intramolecular Hbond substituents is 1. The van der Waals surface area contributed by atoms with Crippen molar-refractivity contribution in [1.29, 1.82) is 0 Å². The number of hydrogen-bond donors (Lipinski definition) is 1. The summed E-state index contributed by atoms with van der Waals surface area (Å²) in [6, 6.07) is 9.94. The van der Waals surface area contributed by atoms with Crippen molar-refractivity contribution >= 4 is 22.7 Å². The summed E-state index contributed by atoms with van der Waals surface area (Å²) in [4.78, 5) is 23.1. The third-order valence-corrected chi connectivity index (χ3v) is 2.99. The normalized spacial score (nSPS) is 10.2. The fourth-order valence-corrected chi connectivity index (χ4v) is 1.87. The van der Waals surface area contributed by atoms with Crippen molar-refractivity contribution in [3.8, 4) is 5.75 Å². The smallest absolute Gasteiger partial charge is 0.338 e. The molecule has 0 amide bonds. The minimum atomic E-state index is -0.517. The number of benzene rings is 2. The van der Waals surface area contributed by atoms with Crippen LogP contribution in [0.2, 0.25) is 0 Å². The Morgan fingerprint density at radius 1 is 1.14 bits per heavy atom. The van der Waals surface area contributed by atoms with Crippen LogP contribution in [0.4, 0.5) is 0 Å². The fourth-order valence-electron chi connectivity index (χ4n) is 1.87. The van der Waals surface area contributed by atoms with E-state index in [2.05, 4.69) is 6.58 Å². The van der Waals surface area contributed by atoms with Gasteiger partial charge in [0.2, 0.25) is 0 Å². The predicted molar refractivity (Wildman–Crippen MR) is 81.7 cm³/mol. The fraction of sp³-hybridized carbons (Fsp3) is 0.176. The molecule has 0 bridgehead atoms. The van der Waals surface area contributed by atoms with Crippen LogP contribution in [0.3, 0.4) is 0 Å². The van der Waals surface area contributed by atoms with Crippen LogP contribution in [-0.4, -0.2) is 30.3 Å². The lowest BCUT2D eigenvalue weighted by Gasteiger charge is -2.07. The molecule has 0 aliphatic rings. The molecule has 0 aliphatic carbocycles. The molecule has 0 aliphatic heterocycles. The van der Waals surface area contributed by atoms with E-state index in [9.17, 15) is 14.7 Å². The summed E-state index contributed by atoms with van der Waals surface area (Å²) in [5, 5.41) is 11.1. The first kappa shape index (κ1) is 15.6. The average Bonchev–Trinajstić information content (AvgIpc) is 2.50. The second-order valence-electron chi connectivity index (χ2n) is 4.77. The second-order valence-corrected chi connectivity index (χ2v) is 4.77. The Hall–Kier alpha value is -2.82. The summed E-state index contributed by atoms with van der Waals surface area (Å²) in [6.07, 6.45) is 0. The minimum absolute atomic E-state index is 0.0220. The van der Waals surface area contributed by atoms with Gasteiger partial charge in [-0.15, -0.1) is 0 Å². The summed E-state index contributed by atoms with van der Waals surface area (Å²) in [5.74, 6) is -0.877. The van der Waals surface area contributed by atoms with Crippen molar-refractivity contribution in [2.45, 2.75) is 6.92 Å². The van der Waals surface area contributed by atoms with Gasteiger partial charge in [-0.2, -0.15) is 0 Å². The van der Waals surface area contributed by atoms with Gasteiger partial charge >= 0.3 is 11.9 Å². The number of carbonyl (C=O) groups excluding carboxylic acids is 2. The van der Waals surface area contributed by atoms with Gasteiger partial charge in [-0.05, 0) is 36.6 Å². The SMILES string of the molecule is C=C(C)C(=O)OCCOC(=O)c1ccc2c(O)cccc2c1. The molecule has 1 N–H and O–H groups in total. The highest BCUT2D eigenvalue weighted by molar-refractivity contribution is 5.97. The Balaban J connectivity index is 1.96. The molecule has 0 saturated heterocycles. The highest BCUT2D eigenvalue weighted by Gasteiger charge is 2.10. The number of carbonyl (C=O) groups is 2. The number of rotatable bonds is 5. The van der Waals surface area contributed by atoms with E-state index in [-0.39, 0.29) is 19.0 Å². The van der Waals surface area contributed by atoms with Crippen LogP contribution < -0.4 is 0 Å². The molecule has 0 atom stereocenters. The van der Waals surface area contributed by atoms with Crippen molar-refractivity contribution in [3.63, 3.8) is 0 Å². The van der Waals surface area contributed by atoms with Gasteiger partial charge in [-0.3, -0.25) is 0 Å². The lowest BCUT2D eigenvalue weighted by atomic mass is 10.1. The Morgan fingerprint density at radius 2 is 1.86 bits per heavy atom. The zero-order valence-corrected chi connectivity index (χ0v) is 12.2. The van der Waals surface area contributed by atoms with Gasteiger partial charge in [0.25, 0.3) is 0 Å². The van der Waals surface area contributed by atoms with Gasteiger partial charge in [0.05, 0.1) is 5.56 Å². The van der Waals surface area contributed by atoms with Crippen molar-refractivity contribution in [2.75, 3.05) is 13.2 Å². The van der Waals surface area contributed by atoms with Crippen LogP contribution in [0.1, 0.15) is 17.3 Å². The lowest BCUT2D eigenvalue weighted by molar-refractivity contribution is -0.140. The maximum atomic E-state index is 11.9. The first-order chi connectivity index (χ1) is 10.5. The van der Waals surface area contributed by atoms with Crippen molar-refractivity contribution < 1.29 is 24.2 Å². The topological polar surface area (TPSA) is 72.8 Å². The summed E-state index contributed by atoms with van der Waals surface area (Å²) < 4.78 is 9.86. The number of esters is 2. The molecular weight excluding hydrogens is 284 g/mol. The number of ether oxygens (including phenoxy) is 2. The molecule has 5 nitrogen and oxygen atoms in total. The van der Waals surface area contributed by atoms with Crippen molar-refractivity contribution in [2.24, 2.45) is 0 Å². The predicted octanol–water partition coefficient (Wildman–Crippen LogP) is 2.82. The minimum Gasteiger partial charge on any atom is -0.507 e.